The molecule has 0 saturated carbocycles. The Hall–Kier alpha value is -2.62. The molecule has 0 radical (unpaired) electrons. The third-order valence-electron chi connectivity index (χ3n) is 3.22. The summed E-state index contributed by atoms with van der Waals surface area (Å²) in [6.45, 7) is 0. The Kier molecular flexibility index (Phi) is 2.56. The van der Waals surface area contributed by atoms with E-state index in [2.05, 4.69) is 4.98 Å². The molecule has 4 nitrogen and oxygen atoms in total. The fraction of sp³-hybridized carbons (Fsp3) is 0.0667. The zero-order valence-electron chi connectivity index (χ0n) is 10.4. The molecule has 0 bridgehead atoms. The molecule has 0 aliphatic rings. The molecule has 2 heterocycles. The fourth-order valence-corrected chi connectivity index (χ4v) is 2.24. The summed E-state index contributed by atoms with van der Waals surface area (Å²) in [5.74, 6) is -0.912. The summed E-state index contributed by atoms with van der Waals surface area (Å²) in [5.41, 5.74) is 3.13. The van der Waals surface area contributed by atoms with E-state index >= 15 is 0 Å². The lowest BCUT2D eigenvalue weighted by Gasteiger charge is -2.03. The maximum absolute atomic E-state index is 11.0. The SMILES string of the molecule is Cn1c(-c2ccccn2)cc2cc(C(=O)O)ccc21. The van der Waals surface area contributed by atoms with E-state index in [-0.39, 0.29) is 0 Å². The maximum Gasteiger partial charge on any atom is 0.335 e. The molecule has 3 rings (SSSR count). The van der Waals surface area contributed by atoms with Crippen LogP contribution in [0.2, 0.25) is 0 Å². The van der Waals surface area contributed by atoms with Crippen molar-refractivity contribution in [1.29, 1.82) is 0 Å². The fourth-order valence-electron chi connectivity index (χ4n) is 2.24. The first-order valence-corrected chi connectivity index (χ1v) is 5.91. The van der Waals surface area contributed by atoms with Crippen LogP contribution in [0.3, 0.4) is 0 Å². The number of carboxylic acid groups (broad SMARTS) is 1. The largest absolute Gasteiger partial charge is 0.478 e. The Morgan fingerprint density at radius 2 is 2.05 bits per heavy atom. The highest BCUT2D eigenvalue weighted by Gasteiger charge is 2.10. The highest BCUT2D eigenvalue weighted by molar-refractivity contribution is 5.95. The molecule has 0 aliphatic heterocycles. The number of rotatable bonds is 2. The quantitative estimate of drug-likeness (QED) is 0.763. The van der Waals surface area contributed by atoms with Crippen LogP contribution in [0.25, 0.3) is 22.3 Å². The second-order valence-corrected chi connectivity index (χ2v) is 4.38. The van der Waals surface area contributed by atoms with Crippen LogP contribution in [0.15, 0.2) is 48.7 Å². The van der Waals surface area contributed by atoms with Crippen LogP contribution in [-0.4, -0.2) is 20.6 Å². The summed E-state index contributed by atoms with van der Waals surface area (Å²) >= 11 is 0. The molecule has 0 spiro atoms. The van der Waals surface area contributed by atoms with Crippen LogP contribution in [-0.2, 0) is 7.05 Å². The van der Waals surface area contributed by atoms with Crippen molar-refractivity contribution >= 4 is 16.9 Å². The van der Waals surface area contributed by atoms with Gasteiger partial charge in [-0.15, -0.1) is 0 Å². The Morgan fingerprint density at radius 1 is 1.21 bits per heavy atom. The van der Waals surface area contributed by atoms with Gasteiger partial charge in [0.2, 0.25) is 0 Å². The van der Waals surface area contributed by atoms with E-state index in [9.17, 15) is 4.79 Å². The molecule has 0 fully saturated rings. The van der Waals surface area contributed by atoms with Crippen molar-refractivity contribution in [2.45, 2.75) is 0 Å². The molecular formula is C15H12N2O2. The van der Waals surface area contributed by atoms with Gasteiger partial charge >= 0.3 is 5.97 Å². The second kappa shape index (κ2) is 4.24. The molecule has 19 heavy (non-hydrogen) atoms. The van der Waals surface area contributed by atoms with Crippen LogP contribution in [0.5, 0.6) is 0 Å². The molecule has 94 valence electrons. The zero-order chi connectivity index (χ0) is 13.4. The Balaban J connectivity index is 2.23. The third-order valence-corrected chi connectivity index (χ3v) is 3.22. The summed E-state index contributed by atoms with van der Waals surface area (Å²) in [6.07, 6.45) is 1.75. The molecule has 0 aliphatic carbocycles. The highest BCUT2D eigenvalue weighted by atomic mass is 16.4. The van der Waals surface area contributed by atoms with E-state index in [1.165, 1.54) is 0 Å². The molecule has 0 unspecified atom stereocenters. The third kappa shape index (κ3) is 1.87. The summed E-state index contributed by atoms with van der Waals surface area (Å²) in [6, 6.07) is 12.8. The number of aryl methyl sites for hydroxylation is 1. The monoisotopic (exact) mass is 252 g/mol. The van der Waals surface area contributed by atoms with E-state index < -0.39 is 5.97 Å². The van der Waals surface area contributed by atoms with Crippen LogP contribution in [0, 0.1) is 0 Å². The average molecular weight is 252 g/mol. The number of aromatic carboxylic acids is 1. The minimum atomic E-state index is -0.912. The minimum Gasteiger partial charge on any atom is -0.478 e. The van der Waals surface area contributed by atoms with Crippen molar-refractivity contribution in [2.75, 3.05) is 0 Å². The van der Waals surface area contributed by atoms with Gasteiger partial charge in [0.1, 0.15) is 0 Å². The molecule has 1 aromatic carbocycles. The van der Waals surface area contributed by atoms with Crippen molar-refractivity contribution in [3.8, 4) is 11.4 Å². The lowest BCUT2D eigenvalue weighted by atomic mass is 10.1. The minimum absolute atomic E-state index is 0.297. The average Bonchev–Trinajstić information content (AvgIpc) is 2.76. The van der Waals surface area contributed by atoms with Gasteiger partial charge in [-0.3, -0.25) is 4.98 Å². The molecule has 3 aromatic rings. The van der Waals surface area contributed by atoms with Crippen molar-refractivity contribution in [1.82, 2.24) is 9.55 Å². The number of hydrogen-bond acceptors (Lipinski definition) is 2. The molecule has 0 saturated heterocycles. The van der Waals surface area contributed by atoms with Gasteiger partial charge in [-0.25, -0.2) is 4.79 Å². The van der Waals surface area contributed by atoms with Gasteiger partial charge in [-0.05, 0) is 36.4 Å². The smallest absolute Gasteiger partial charge is 0.335 e. The van der Waals surface area contributed by atoms with E-state index in [0.717, 1.165) is 22.3 Å². The number of carboxylic acids is 1. The number of nitrogens with zero attached hydrogens (tertiary/aromatic N) is 2. The molecule has 0 atom stereocenters. The Bertz CT molecular complexity index is 760. The van der Waals surface area contributed by atoms with Gasteiger partial charge in [0, 0.05) is 24.1 Å². The molecule has 0 amide bonds. The Labute approximate surface area is 109 Å². The molecule has 2 aromatic heterocycles. The summed E-state index contributed by atoms with van der Waals surface area (Å²) in [5, 5.41) is 9.92. The van der Waals surface area contributed by atoms with Crippen LogP contribution in [0.4, 0.5) is 0 Å². The Morgan fingerprint density at radius 3 is 2.74 bits per heavy atom. The second-order valence-electron chi connectivity index (χ2n) is 4.38. The van der Waals surface area contributed by atoms with Gasteiger partial charge in [-0.2, -0.15) is 0 Å². The van der Waals surface area contributed by atoms with E-state index in [1.54, 1.807) is 18.3 Å². The van der Waals surface area contributed by atoms with E-state index in [1.807, 2.05) is 41.9 Å². The first-order valence-electron chi connectivity index (χ1n) is 5.91. The standard InChI is InChI=1S/C15H12N2O2/c1-17-13-6-5-10(15(18)19)8-11(13)9-14(17)12-4-2-3-7-16-12/h2-9H,1H3,(H,18,19). The molecular weight excluding hydrogens is 240 g/mol. The predicted octanol–water partition coefficient (Wildman–Crippen LogP) is 2.94. The number of pyridine rings is 1. The number of fused-ring (bicyclic) bond motifs is 1. The van der Waals surface area contributed by atoms with Crippen LogP contribution >= 0.6 is 0 Å². The first-order chi connectivity index (χ1) is 9.16. The highest BCUT2D eigenvalue weighted by Crippen LogP contribution is 2.26. The van der Waals surface area contributed by atoms with E-state index in [4.69, 9.17) is 5.11 Å². The van der Waals surface area contributed by atoms with Gasteiger partial charge in [0.25, 0.3) is 0 Å². The lowest BCUT2D eigenvalue weighted by Crippen LogP contribution is -1.96. The maximum atomic E-state index is 11.0. The van der Waals surface area contributed by atoms with Gasteiger partial charge in [0.05, 0.1) is 17.0 Å². The van der Waals surface area contributed by atoms with Crippen molar-refractivity contribution in [3.63, 3.8) is 0 Å². The number of aromatic nitrogens is 2. The van der Waals surface area contributed by atoms with Crippen molar-refractivity contribution in [2.24, 2.45) is 7.05 Å². The topological polar surface area (TPSA) is 55.1 Å². The van der Waals surface area contributed by atoms with Gasteiger partial charge in [0.15, 0.2) is 0 Å². The number of benzene rings is 1. The summed E-state index contributed by atoms with van der Waals surface area (Å²) in [7, 11) is 1.95. The van der Waals surface area contributed by atoms with E-state index in [0.29, 0.717) is 5.56 Å². The number of hydrogen-bond donors (Lipinski definition) is 1. The molecule has 1 N–H and O–H groups in total. The van der Waals surface area contributed by atoms with Gasteiger partial charge < -0.3 is 9.67 Å². The summed E-state index contributed by atoms with van der Waals surface area (Å²) < 4.78 is 2.02. The molecule has 4 heteroatoms. The van der Waals surface area contributed by atoms with Crippen LogP contribution < -0.4 is 0 Å². The number of carbonyl (C=O) groups is 1. The van der Waals surface area contributed by atoms with Crippen molar-refractivity contribution in [3.05, 3.63) is 54.2 Å². The van der Waals surface area contributed by atoms with Crippen molar-refractivity contribution < 1.29 is 9.90 Å². The van der Waals surface area contributed by atoms with Crippen LogP contribution in [0.1, 0.15) is 10.4 Å². The first kappa shape index (κ1) is 11.5. The normalized spacial score (nSPS) is 10.8. The zero-order valence-corrected chi connectivity index (χ0v) is 10.4. The predicted molar refractivity (Wildman–Crippen MR) is 73.1 cm³/mol. The summed E-state index contributed by atoms with van der Waals surface area (Å²) in [4.78, 5) is 15.3. The lowest BCUT2D eigenvalue weighted by molar-refractivity contribution is 0.0697. The van der Waals surface area contributed by atoms with Gasteiger partial charge in [-0.1, -0.05) is 6.07 Å².